The van der Waals surface area contributed by atoms with Crippen LogP contribution in [0, 0.1) is 0 Å². The van der Waals surface area contributed by atoms with Crippen LogP contribution in [0.1, 0.15) is 29.7 Å². The molecular formula is C16H22ClN3O2. The van der Waals surface area contributed by atoms with Gasteiger partial charge in [-0.15, -0.1) is 12.4 Å². The molecule has 0 amide bonds. The minimum absolute atomic E-state index is 0. The van der Waals surface area contributed by atoms with Crippen LogP contribution < -0.4 is 4.74 Å². The first kappa shape index (κ1) is 16.8. The molecular weight excluding hydrogens is 302 g/mol. The predicted octanol–water partition coefficient (Wildman–Crippen LogP) is 2.66. The maximum Gasteiger partial charge on any atom is 0.219 e. The van der Waals surface area contributed by atoms with E-state index in [-0.39, 0.29) is 12.4 Å². The summed E-state index contributed by atoms with van der Waals surface area (Å²) in [5.41, 5.74) is 2.26. The van der Waals surface area contributed by atoms with E-state index in [0.717, 1.165) is 61.7 Å². The van der Waals surface area contributed by atoms with E-state index in [1.165, 1.54) is 0 Å². The number of fused-ring (bicyclic) bond motifs is 1. The molecule has 1 aliphatic rings. The number of hydrogen-bond donors (Lipinski definition) is 0. The van der Waals surface area contributed by atoms with Gasteiger partial charge < -0.3 is 9.15 Å². The molecule has 2 aromatic heterocycles. The number of aromatic nitrogens is 2. The summed E-state index contributed by atoms with van der Waals surface area (Å²) < 4.78 is 11.2. The maximum atomic E-state index is 5.80. The van der Waals surface area contributed by atoms with Crippen molar-refractivity contribution in [1.82, 2.24) is 14.9 Å². The molecule has 0 saturated heterocycles. The molecule has 0 N–H and O–H groups in total. The van der Waals surface area contributed by atoms with Gasteiger partial charge >= 0.3 is 0 Å². The van der Waals surface area contributed by atoms with Crippen LogP contribution in [0.5, 0.6) is 5.88 Å². The topological polar surface area (TPSA) is 51.4 Å². The van der Waals surface area contributed by atoms with Crippen molar-refractivity contribution in [3.8, 4) is 5.88 Å². The van der Waals surface area contributed by atoms with Gasteiger partial charge in [0.15, 0.2) is 0 Å². The minimum atomic E-state index is 0. The molecule has 0 aromatic carbocycles. The summed E-state index contributed by atoms with van der Waals surface area (Å²) in [5, 5.41) is 0. The molecule has 0 aliphatic carbocycles. The van der Waals surface area contributed by atoms with Crippen molar-refractivity contribution in [3.63, 3.8) is 0 Å². The van der Waals surface area contributed by atoms with Gasteiger partial charge in [0.25, 0.3) is 0 Å². The van der Waals surface area contributed by atoms with Crippen molar-refractivity contribution in [2.24, 2.45) is 0 Å². The van der Waals surface area contributed by atoms with Crippen molar-refractivity contribution in [2.75, 3.05) is 20.2 Å². The second kappa shape index (κ2) is 7.61. The highest BCUT2D eigenvalue weighted by atomic mass is 35.5. The second-order valence-electron chi connectivity index (χ2n) is 5.31. The van der Waals surface area contributed by atoms with E-state index in [4.69, 9.17) is 9.15 Å². The van der Waals surface area contributed by atoms with Crippen LogP contribution in [0.15, 0.2) is 22.9 Å². The van der Waals surface area contributed by atoms with Crippen LogP contribution in [0.4, 0.5) is 0 Å². The van der Waals surface area contributed by atoms with Crippen molar-refractivity contribution in [1.29, 1.82) is 0 Å². The lowest BCUT2D eigenvalue weighted by atomic mass is 10.1. The maximum absolute atomic E-state index is 5.80. The Morgan fingerprint density at radius 3 is 2.68 bits per heavy atom. The quantitative estimate of drug-likeness (QED) is 0.866. The fraction of sp³-hybridized carbons (Fsp3) is 0.500. The first-order valence-electron chi connectivity index (χ1n) is 7.46. The summed E-state index contributed by atoms with van der Waals surface area (Å²) in [5.74, 6) is 2.81. The number of nitrogens with zero attached hydrogens (tertiary/aromatic N) is 3. The third-order valence-corrected chi connectivity index (χ3v) is 3.98. The third-order valence-electron chi connectivity index (χ3n) is 3.98. The molecule has 22 heavy (non-hydrogen) atoms. The molecule has 0 unspecified atom stereocenters. The van der Waals surface area contributed by atoms with E-state index >= 15 is 0 Å². The Hall–Kier alpha value is -1.59. The van der Waals surface area contributed by atoms with Gasteiger partial charge in [0.2, 0.25) is 5.88 Å². The Morgan fingerprint density at radius 2 is 1.95 bits per heavy atom. The third kappa shape index (κ3) is 3.59. The Balaban J connectivity index is 0.00000176. The molecule has 6 heteroatoms. The fourth-order valence-electron chi connectivity index (χ4n) is 2.79. The molecule has 0 atom stereocenters. The highest BCUT2D eigenvalue weighted by Gasteiger charge is 2.19. The number of aryl methyl sites for hydroxylation is 1. The van der Waals surface area contributed by atoms with Gasteiger partial charge in [0, 0.05) is 31.5 Å². The molecule has 0 bridgehead atoms. The molecule has 0 spiro atoms. The molecule has 3 heterocycles. The fourth-order valence-corrected chi connectivity index (χ4v) is 2.79. The van der Waals surface area contributed by atoms with Crippen LogP contribution in [0.2, 0.25) is 0 Å². The summed E-state index contributed by atoms with van der Waals surface area (Å²) >= 11 is 0. The van der Waals surface area contributed by atoms with Crippen LogP contribution in [-0.2, 0) is 25.8 Å². The molecule has 120 valence electrons. The predicted molar refractivity (Wildman–Crippen MR) is 86.6 cm³/mol. The Labute approximate surface area is 137 Å². The summed E-state index contributed by atoms with van der Waals surface area (Å²) in [7, 11) is 1.67. The molecule has 5 nitrogen and oxygen atoms in total. The van der Waals surface area contributed by atoms with Crippen LogP contribution in [0.25, 0.3) is 0 Å². The van der Waals surface area contributed by atoms with Gasteiger partial charge in [-0.2, -0.15) is 0 Å². The van der Waals surface area contributed by atoms with Crippen LogP contribution in [-0.4, -0.2) is 35.1 Å². The molecule has 3 rings (SSSR count). The molecule has 2 aromatic rings. The largest absolute Gasteiger partial charge is 0.481 e. The second-order valence-corrected chi connectivity index (χ2v) is 5.31. The zero-order valence-corrected chi connectivity index (χ0v) is 13.9. The van der Waals surface area contributed by atoms with Gasteiger partial charge in [-0.3, -0.25) is 4.90 Å². The normalized spacial score (nSPS) is 14.8. The van der Waals surface area contributed by atoms with Gasteiger partial charge in [0.05, 0.1) is 19.3 Å². The van der Waals surface area contributed by atoms with Crippen molar-refractivity contribution in [2.45, 2.75) is 32.7 Å². The van der Waals surface area contributed by atoms with Crippen LogP contribution >= 0.6 is 12.4 Å². The number of rotatable bonds is 4. The molecule has 0 radical (unpaired) electrons. The van der Waals surface area contributed by atoms with E-state index in [1.54, 1.807) is 13.4 Å². The monoisotopic (exact) mass is 323 g/mol. The smallest absolute Gasteiger partial charge is 0.219 e. The molecule has 1 aliphatic heterocycles. The summed E-state index contributed by atoms with van der Waals surface area (Å²) in [6.45, 7) is 4.91. The highest BCUT2D eigenvalue weighted by molar-refractivity contribution is 5.85. The van der Waals surface area contributed by atoms with Gasteiger partial charge in [-0.05, 0) is 18.6 Å². The number of halogens is 1. The first-order chi connectivity index (χ1) is 10.3. The number of ether oxygens (including phenoxy) is 1. The number of methoxy groups -OCH3 is 1. The van der Waals surface area contributed by atoms with E-state index in [9.17, 15) is 0 Å². The molecule has 0 fully saturated rings. The summed E-state index contributed by atoms with van der Waals surface area (Å²) in [6, 6.07) is 4.15. The van der Waals surface area contributed by atoms with E-state index in [1.807, 2.05) is 0 Å². The number of furan rings is 1. The van der Waals surface area contributed by atoms with Crippen molar-refractivity contribution >= 4 is 12.4 Å². The van der Waals surface area contributed by atoms with Crippen molar-refractivity contribution in [3.05, 3.63) is 41.2 Å². The average Bonchev–Trinajstić information content (AvgIpc) is 2.87. The van der Waals surface area contributed by atoms with Gasteiger partial charge in [-0.1, -0.05) is 6.92 Å². The van der Waals surface area contributed by atoms with Gasteiger partial charge in [0.1, 0.15) is 17.8 Å². The standard InChI is InChI=1S/C16H21N3O2.ClH/c1-3-12-4-5-13(21-12)10-19-8-6-14-15(7-9-19)17-11-18-16(14)20-2;/h4-5,11H,3,6-10H2,1-2H3;1H. The lowest BCUT2D eigenvalue weighted by Crippen LogP contribution is -2.25. The first-order valence-corrected chi connectivity index (χ1v) is 7.46. The Kier molecular flexibility index (Phi) is 5.80. The van der Waals surface area contributed by atoms with E-state index < -0.39 is 0 Å². The highest BCUT2D eigenvalue weighted by Crippen LogP contribution is 2.22. The zero-order chi connectivity index (χ0) is 14.7. The average molecular weight is 324 g/mol. The van der Waals surface area contributed by atoms with Crippen LogP contribution in [0.3, 0.4) is 0 Å². The van der Waals surface area contributed by atoms with Gasteiger partial charge in [-0.25, -0.2) is 9.97 Å². The van der Waals surface area contributed by atoms with E-state index in [2.05, 4.69) is 33.9 Å². The summed E-state index contributed by atoms with van der Waals surface area (Å²) in [6.07, 6.45) is 4.38. The minimum Gasteiger partial charge on any atom is -0.481 e. The molecule has 0 saturated carbocycles. The zero-order valence-electron chi connectivity index (χ0n) is 13.0. The lowest BCUT2D eigenvalue weighted by molar-refractivity contribution is 0.252. The Morgan fingerprint density at radius 1 is 1.18 bits per heavy atom. The van der Waals surface area contributed by atoms with E-state index in [0.29, 0.717) is 5.88 Å². The lowest BCUT2D eigenvalue weighted by Gasteiger charge is -2.17. The summed E-state index contributed by atoms with van der Waals surface area (Å²) in [4.78, 5) is 11.0. The SMILES string of the molecule is CCc1ccc(CN2CCc3ncnc(OC)c3CC2)o1.Cl. The number of hydrogen-bond acceptors (Lipinski definition) is 5. The Bertz CT molecular complexity index is 615. The van der Waals surface area contributed by atoms with Crippen molar-refractivity contribution < 1.29 is 9.15 Å².